The highest BCUT2D eigenvalue weighted by Crippen LogP contribution is 2.25. The third-order valence-electron chi connectivity index (χ3n) is 3.51. The molecule has 0 aliphatic carbocycles. The second kappa shape index (κ2) is 5.55. The number of nitrogens with zero attached hydrogens (tertiary/aromatic N) is 5. The molecule has 112 valence electrons. The lowest BCUT2D eigenvalue weighted by Crippen LogP contribution is -2.21. The zero-order chi connectivity index (χ0) is 15.7. The van der Waals surface area contributed by atoms with E-state index >= 15 is 0 Å². The Morgan fingerprint density at radius 1 is 1.27 bits per heavy atom. The molecule has 3 aromatic rings. The Morgan fingerprint density at radius 2 is 2.09 bits per heavy atom. The van der Waals surface area contributed by atoms with Gasteiger partial charge in [-0.1, -0.05) is 19.1 Å². The third-order valence-corrected chi connectivity index (χ3v) is 3.51. The number of fused-ring (bicyclic) bond motifs is 1. The smallest absolute Gasteiger partial charge is 0.253 e. The summed E-state index contributed by atoms with van der Waals surface area (Å²) < 4.78 is 1.68. The van der Waals surface area contributed by atoms with Crippen molar-refractivity contribution in [3.63, 3.8) is 0 Å². The summed E-state index contributed by atoms with van der Waals surface area (Å²) in [5.41, 5.74) is 4.15. The first-order valence-electron chi connectivity index (χ1n) is 7.12. The molecule has 0 radical (unpaired) electrons. The van der Waals surface area contributed by atoms with E-state index in [0.717, 1.165) is 23.2 Å². The van der Waals surface area contributed by atoms with E-state index in [9.17, 15) is 4.79 Å². The van der Waals surface area contributed by atoms with E-state index in [2.05, 4.69) is 15.3 Å². The van der Waals surface area contributed by atoms with Gasteiger partial charge in [0.1, 0.15) is 6.33 Å². The van der Waals surface area contributed by atoms with Crippen molar-refractivity contribution in [3.8, 4) is 11.1 Å². The topological polar surface area (TPSA) is 63.4 Å². The number of carbonyl (C=O) groups excluding carboxylic acids is 1. The molecule has 1 aromatic carbocycles. The van der Waals surface area contributed by atoms with E-state index in [1.54, 1.807) is 29.8 Å². The molecule has 0 aliphatic rings. The van der Waals surface area contributed by atoms with Gasteiger partial charge in [0.15, 0.2) is 5.65 Å². The summed E-state index contributed by atoms with van der Waals surface area (Å²) in [6.07, 6.45) is 2.41. The molecule has 0 bridgehead atoms. The van der Waals surface area contributed by atoms with Crippen molar-refractivity contribution >= 4 is 11.6 Å². The van der Waals surface area contributed by atoms with Gasteiger partial charge in [0.25, 0.3) is 5.91 Å². The maximum absolute atomic E-state index is 12.1. The molecule has 6 heteroatoms. The van der Waals surface area contributed by atoms with Gasteiger partial charge < -0.3 is 4.90 Å². The molecule has 0 aliphatic heterocycles. The number of carbonyl (C=O) groups is 1. The Labute approximate surface area is 128 Å². The van der Waals surface area contributed by atoms with Gasteiger partial charge in [0.2, 0.25) is 0 Å². The Bertz CT molecular complexity index is 837. The molecular formula is C16H17N5O. The first kappa shape index (κ1) is 14.2. The number of hydrogen-bond acceptors (Lipinski definition) is 4. The Kier molecular flexibility index (Phi) is 3.58. The monoisotopic (exact) mass is 295 g/mol. The summed E-state index contributed by atoms with van der Waals surface area (Å²) in [7, 11) is 3.49. The zero-order valence-corrected chi connectivity index (χ0v) is 12.8. The van der Waals surface area contributed by atoms with Gasteiger partial charge in [-0.3, -0.25) is 4.79 Å². The molecule has 0 spiro atoms. The van der Waals surface area contributed by atoms with Gasteiger partial charge in [-0.05, 0) is 30.2 Å². The molecule has 6 nitrogen and oxygen atoms in total. The number of aryl methyl sites for hydroxylation is 1. The fourth-order valence-corrected chi connectivity index (χ4v) is 2.34. The Morgan fingerprint density at radius 3 is 2.82 bits per heavy atom. The van der Waals surface area contributed by atoms with Gasteiger partial charge in [-0.15, -0.1) is 10.2 Å². The van der Waals surface area contributed by atoms with Gasteiger partial charge in [0.05, 0.1) is 5.69 Å². The van der Waals surface area contributed by atoms with Crippen LogP contribution >= 0.6 is 0 Å². The van der Waals surface area contributed by atoms with Crippen molar-refractivity contribution in [3.05, 3.63) is 47.9 Å². The van der Waals surface area contributed by atoms with Crippen molar-refractivity contribution in [1.82, 2.24) is 24.7 Å². The lowest BCUT2D eigenvalue weighted by atomic mass is 10.0. The summed E-state index contributed by atoms with van der Waals surface area (Å²) in [6.45, 7) is 2.05. The molecule has 0 unspecified atom stereocenters. The second-order valence-electron chi connectivity index (χ2n) is 5.28. The van der Waals surface area contributed by atoms with Gasteiger partial charge in [-0.2, -0.15) is 9.61 Å². The number of aromatic nitrogens is 4. The van der Waals surface area contributed by atoms with Crippen LogP contribution in [-0.2, 0) is 6.42 Å². The average molecular weight is 295 g/mol. The van der Waals surface area contributed by atoms with Crippen LogP contribution < -0.4 is 0 Å². The number of benzene rings is 1. The molecule has 0 fully saturated rings. The fraction of sp³-hybridized carbons (Fsp3) is 0.250. The second-order valence-corrected chi connectivity index (χ2v) is 5.28. The largest absolute Gasteiger partial charge is 0.345 e. The van der Waals surface area contributed by atoms with Crippen molar-refractivity contribution in [2.75, 3.05) is 14.1 Å². The molecule has 0 N–H and O–H groups in total. The van der Waals surface area contributed by atoms with Crippen LogP contribution in [0.3, 0.4) is 0 Å². The van der Waals surface area contributed by atoms with Gasteiger partial charge in [-0.25, -0.2) is 0 Å². The molecule has 2 heterocycles. The van der Waals surface area contributed by atoms with Crippen molar-refractivity contribution in [2.24, 2.45) is 0 Å². The van der Waals surface area contributed by atoms with Crippen LogP contribution in [-0.4, -0.2) is 44.7 Å². The van der Waals surface area contributed by atoms with E-state index < -0.39 is 0 Å². The van der Waals surface area contributed by atoms with Crippen LogP contribution in [0.15, 0.2) is 36.7 Å². The average Bonchev–Trinajstić information content (AvgIpc) is 3.01. The molecule has 0 saturated heterocycles. The predicted molar refractivity (Wildman–Crippen MR) is 83.6 cm³/mol. The molecule has 1 amide bonds. The minimum atomic E-state index is -0.0240. The van der Waals surface area contributed by atoms with Gasteiger partial charge >= 0.3 is 0 Å². The van der Waals surface area contributed by atoms with Crippen molar-refractivity contribution in [1.29, 1.82) is 0 Å². The number of amides is 1. The lowest BCUT2D eigenvalue weighted by Gasteiger charge is -2.12. The highest BCUT2D eigenvalue weighted by atomic mass is 16.2. The summed E-state index contributed by atoms with van der Waals surface area (Å²) in [6, 6.07) is 9.55. The SMILES string of the molecule is CCc1cc(-c2cccc(C(=O)N(C)C)c2)c2nncn2n1. The molecule has 3 rings (SSSR count). The van der Waals surface area contributed by atoms with E-state index in [1.165, 1.54) is 0 Å². The minimum Gasteiger partial charge on any atom is -0.345 e. The third kappa shape index (κ3) is 2.43. The zero-order valence-electron chi connectivity index (χ0n) is 12.8. The molecule has 2 aromatic heterocycles. The van der Waals surface area contributed by atoms with E-state index in [0.29, 0.717) is 11.2 Å². The Balaban J connectivity index is 2.17. The van der Waals surface area contributed by atoms with Crippen LogP contribution in [0.25, 0.3) is 16.8 Å². The first-order chi connectivity index (χ1) is 10.6. The highest BCUT2D eigenvalue weighted by Gasteiger charge is 2.13. The van der Waals surface area contributed by atoms with Gasteiger partial charge in [0, 0.05) is 25.2 Å². The number of rotatable bonds is 3. The molecule has 0 atom stereocenters. The normalized spacial score (nSPS) is 10.9. The summed E-state index contributed by atoms with van der Waals surface area (Å²) >= 11 is 0. The van der Waals surface area contributed by atoms with Crippen LogP contribution in [0, 0.1) is 0 Å². The lowest BCUT2D eigenvalue weighted by molar-refractivity contribution is 0.0827. The van der Waals surface area contributed by atoms with E-state index in [-0.39, 0.29) is 5.91 Å². The highest BCUT2D eigenvalue weighted by molar-refractivity contribution is 5.95. The maximum Gasteiger partial charge on any atom is 0.253 e. The standard InChI is InChI=1S/C16H17N5O/c1-4-13-9-14(15-18-17-10-21(15)19-13)11-6-5-7-12(8-11)16(22)20(2)3/h5-10H,4H2,1-3H3. The first-order valence-corrected chi connectivity index (χ1v) is 7.12. The summed E-state index contributed by atoms with van der Waals surface area (Å²) in [5, 5.41) is 12.5. The van der Waals surface area contributed by atoms with Crippen LogP contribution in [0.2, 0.25) is 0 Å². The van der Waals surface area contributed by atoms with Crippen molar-refractivity contribution < 1.29 is 4.79 Å². The Hall–Kier alpha value is -2.76. The minimum absolute atomic E-state index is 0.0240. The molecule has 0 saturated carbocycles. The predicted octanol–water partition coefficient (Wildman–Crippen LogP) is 2.06. The quantitative estimate of drug-likeness (QED) is 0.742. The van der Waals surface area contributed by atoms with E-state index in [1.807, 2.05) is 37.3 Å². The molecule has 22 heavy (non-hydrogen) atoms. The van der Waals surface area contributed by atoms with Crippen LogP contribution in [0.4, 0.5) is 0 Å². The fourth-order valence-electron chi connectivity index (χ4n) is 2.34. The van der Waals surface area contributed by atoms with Crippen LogP contribution in [0.1, 0.15) is 23.0 Å². The molecular weight excluding hydrogens is 278 g/mol. The van der Waals surface area contributed by atoms with Crippen molar-refractivity contribution in [2.45, 2.75) is 13.3 Å². The van der Waals surface area contributed by atoms with E-state index in [4.69, 9.17) is 0 Å². The maximum atomic E-state index is 12.1. The summed E-state index contributed by atoms with van der Waals surface area (Å²) in [4.78, 5) is 13.7. The summed E-state index contributed by atoms with van der Waals surface area (Å²) in [5.74, 6) is -0.0240. The van der Waals surface area contributed by atoms with Crippen LogP contribution in [0.5, 0.6) is 0 Å². The number of hydrogen-bond donors (Lipinski definition) is 0.